The van der Waals surface area contributed by atoms with Gasteiger partial charge in [0.05, 0.1) is 39.5 Å². The van der Waals surface area contributed by atoms with Crippen LogP contribution in [-0.2, 0) is 0 Å². The molecule has 0 bridgehead atoms. The molecule has 3 rings (SSSR count). The molecule has 0 unspecified atom stereocenters. The molecule has 1 aromatic heterocycles. The van der Waals surface area contributed by atoms with Crippen LogP contribution in [0.2, 0.25) is 10.0 Å². The maximum atomic E-state index is 10.3. The number of carboxylic acids is 1. The molecule has 2 aromatic carbocycles. The molecule has 0 radical (unpaired) electrons. The lowest BCUT2D eigenvalue weighted by Crippen LogP contribution is -2.61. The van der Waals surface area contributed by atoms with Gasteiger partial charge in [-0.05, 0) is 43.3 Å². The minimum absolute atomic E-state index is 0.102. The number of carbonyl (C=O) groups excluding carboxylic acids is 1. The fourth-order valence-electron chi connectivity index (χ4n) is 2.37. The summed E-state index contributed by atoms with van der Waals surface area (Å²) in [5.74, 6) is -0.834. The van der Waals surface area contributed by atoms with Crippen molar-refractivity contribution in [3.63, 3.8) is 0 Å². The highest BCUT2D eigenvalue weighted by Crippen LogP contribution is 2.24. The van der Waals surface area contributed by atoms with Gasteiger partial charge in [-0.15, -0.1) is 0 Å². The Bertz CT molecular complexity index is 1040. The number of hydrogen-bond donors (Lipinski definition) is 1. The van der Waals surface area contributed by atoms with Crippen molar-refractivity contribution in [2.45, 2.75) is 13.8 Å². The Hall–Kier alpha value is -3.24. The lowest BCUT2D eigenvalue weighted by molar-refractivity contribution is -0.800. The molecular formula is C18H18Cl2N6O4. The molecule has 0 spiro atoms. The maximum Gasteiger partial charge on any atom is 0.341 e. The standard InChI is InChI=1S/C11H14ClN5.C7H4ClNO4/c1-3-16(4-2)17-14-11(13-15-17)9-6-5-7-10(12)8-9;8-5-2-1-4(7(10)11)3-6(5)9(12)13/h5-8H,3-4H2,1-2H3;1-3H,(H,10,11). The number of hydrogen-bond acceptors (Lipinski definition) is 7. The third-order valence-corrected chi connectivity index (χ3v) is 4.45. The van der Waals surface area contributed by atoms with E-state index in [-0.39, 0.29) is 10.6 Å². The molecule has 0 saturated heterocycles. The second-order valence-corrected chi connectivity index (χ2v) is 6.63. The number of aromatic carboxylic acids is 1. The summed E-state index contributed by atoms with van der Waals surface area (Å²) in [5.41, 5.74) is 0.194. The third kappa shape index (κ3) is 5.88. The second kappa shape index (κ2) is 10.5. The molecule has 1 heterocycles. The van der Waals surface area contributed by atoms with Crippen molar-refractivity contribution in [3.05, 3.63) is 68.2 Å². The number of H-pyrrole nitrogens is 1. The zero-order valence-corrected chi connectivity index (χ0v) is 17.6. The number of tetrazole rings is 1. The molecule has 0 aliphatic carbocycles. The van der Waals surface area contributed by atoms with Crippen molar-refractivity contribution < 1.29 is 19.7 Å². The number of rotatable bonds is 6. The Labute approximate surface area is 181 Å². The first kappa shape index (κ1) is 23.0. The number of aromatic amines is 1. The highest BCUT2D eigenvalue weighted by Gasteiger charge is 2.17. The molecule has 0 atom stereocenters. The largest absolute Gasteiger partial charge is 0.545 e. The second-order valence-electron chi connectivity index (χ2n) is 5.78. The van der Waals surface area contributed by atoms with Crippen LogP contribution in [0.25, 0.3) is 11.4 Å². The molecule has 0 aliphatic rings. The van der Waals surface area contributed by atoms with E-state index in [1.807, 2.05) is 29.3 Å². The van der Waals surface area contributed by atoms with Crippen LogP contribution >= 0.6 is 23.2 Å². The molecule has 12 heteroatoms. The topological polar surface area (TPSA) is 132 Å². The maximum absolute atomic E-state index is 10.3. The lowest BCUT2D eigenvalue weighted by atomic mass is 10.2. The van der Waals surface area contributed by atoms with Crippen molar-refractivity contribution in [1.82, 2.24) is 15.4 Å². The van der Waals surface area contributed by atoms with Crippen LogP contribution in [0.15, 0.2) is 42.5 Å². The predicted molar refractivity (Wildman–Crippen MR) is 109 cm³/mol. The van der Waals surface area contributed by atoms with Crippen LogP contribution in [0.3, 0.4) is 0 Å². The van der Waals surface area contributed by atoms with E-state index in [9.17, 15) is 20.0 Å². The van der Waals surface area contributed by atoms with E-state index in [4.69, 9.17) is 23.2 Å². The molecule has 0 amide bonds. The zero-order valence-electron chi connectivity index (χ0n) is 16.1. The van der Waals surface area contributed by atoms with Gasteiger partial charge in [0.1, 0.15) is 5.02 Å². The summed E-state index contributed by atoms with van der Waals surface area (Å²) in [4.78, 5) is 21.5. The summed E-state index contributed by atoms with van der Waals surface area (Å²) in [6.07, 6.45) is 0. The Kier molecular flexibility index (Phi) is 8.07. The minimum atomic E-state index is -1.47. The summed E-state index contributed by atoms with van der Waals surface area (Å²) < 4.78 is 0. The molecule has 3 aromatic rings. The van der Waals surface area contributed by atoms with Gasteiger partial charge in [0.15, 0.2) is 0 Å². The first-order valence-electron chi connectivity index (χ1n) is 8.78. The molecule has 0 aliphatic heterocycles. The number of nitro groups is 1. The smallest absolute Gasteiger partial charge is 0.341 e. The predicted octanol–water partition coefficient (Wildman–Crippen LogP) is 2.00. The number of carboxylic acid groups (broad SMARTS) is 1. The number of aromatic nitrogens is 4. The Morgan fingerprint density at radius 1 is 1.20 bits per heavy atom. The zero-order chi connectivity index (χ0) is 22.3. The van der Waals surface area contributed by atoms with Gasteiger partial charge in [-0.3, -0.25) is 10.1 Å². The average molecular weight is 453 g/mol. The molecule has 0 saturated carbocycles. The summed E-state index contributed by atoms with van der Waals surface area (Å²) in [5, 5.41) is 34.6. The van der Waals surface area contributed by atoms with Crippen molar-refractivity contribution in [2.75, 3.05) is 18.1 Å². The number of carbonyl (C=O) groups is 1. The van der Waals surface area contributed by atoms with E-state index in [1.54, 1.807) is 4.91 Å². The Morgan fingerprint density at radius 3 is 2.47 bits per heavy atom. The number of nitro benzene ring substituents is 1. The van der Waals surface area contributed by atoms with E-state index < -0.39 is 16.6 Å². The first-order chi connectivity index (χ1) is 14.3. The first-order valence-corrected chi connectivity index (χ1v) is 9.53. The normalized spacial score (nSPS) is 10.1. The van der Waals surface area contributed by atoms with Gasteiger partial charge < -0.3 is 9.90 Å². The number of nitrogens with one attached hydrogen (secondary N) is 1. The highest BCUT2D eigenvalue weighted by atomic mass is 35.5. The SMILES string of the molecule is CCN(CC)[n+]1nc(-c2cccc(Cl)c2)n[nH]1.O=C([O-])c1ccc(Cl)c([N+](=O)[O-])c1. The molecule has 0 fully saturated rings. The number of nitrogens with zero attached hydrogens (tertiary/aromatic N) is 5. The Balaban J connectivity index is 0.000000222. The fourth-order valence-corrected chi connectivity index (χ4v) is 2.75. The van der Waals surface area contributed by atoms with Crippen LogP contribution in [0.1, 0.15) is 24.2 Å². The highest BCUT2D eigenvalue weighted by molar-refractivity contribution is 6.32. The van der Waals surface area contributed by atoms with Gasteiger partial charge in [-0.1, -0.05) is 35.3 Å². The Morgan fingerprint density at radius 2 is 1.90 bits per heavy atom. The van der Waals surface area contributed by atoms with Crippen LogP contribution < -0.4 is 15.0 Å². The molecule has 158 valence electrons. The molecule has 10 nitrogen and oxygen atoms in total. The van der Waals surface area contributed by atoms with E-state index in [2.05, 4.69) is 29.3 Å². The van der Waals surface area contributed by atoms with Crippen LogP contribution in [0, 0.1) is 10.1 Å². The summed E-state index contributed by atoms with van der Waals surface area (Å²) in [7, 11) is 0. The van der Waals surface area contributed by atoms with Gasteiger partial charge in [0, 0.05) is 21.8 Å². The summed E-state index contributed by atoms with van der Waals surface area (Å²) >= 11 is 11.4. The summed E-state index contributed by atoms with van der Waals surface area (Å²) in [6.45, 7) is 5.87. The molecule has 30 heavy (non-hydrogen) atoms. The third-order valence-electron chi connectivity index (χ3n) is 3.89. The monoisotopic (exact) mass is 452 g/mol. The average Bonchev–Trinajstić information content (AvgIpc) is 3.19. The van der Waals surface area contributed by atoms with Gasteiger partial charge in [-0.2, -0.15) is 0 Å². The van der Waals surface area contributed by atoms with Crippen molar-refractivity contribution in [3.8, 4) is 11.4 Å². The number of halogens is 2. The van der Waals surface area contributed by atoms with E-state index >= 15 is 0 Å². The van der Waals surface area contributed by atoms with Crippen molar-refractivity contribution >= 4 is 34.9 Å². The molecular weight excluding hydrogens is 435 g/mol. The fraction of sp³-hybridized carbons (Fsp3) is 0.222. The molecule has 1 N–H and O–H groups in total. The van der Waals surface area contributed by atoms with E-state index in [0.717, 1.165) is 36.9 Å². The van der Waals surface area contributed by atoms with E-state index in [0.29, 0.717) is 10.8 Å². The van der Waals surface area contributed by atoms with Crippen molar-refractivity contribution in [2.24, 2.45) is 0 Å². The summed E-state index contributed by atoms with van der Waals surface area (Å²) in [6, 6.07) is 10.6. The van der Waals surface area contributed by atoms with Gasteiger partial charge in [0.2, 0.25) is 0 Å². The van der Waals surface area contributed by atoms with Gasteiger partial charge in [-0.25, -0.2) is 5.01 Å². The minimum Gasteiger partial charge on any atom is -0.545 e. The van der Waals surface area contributed by atoms with Crippen LogP contribution in [0.5, 0.6) is 0 Å². The van der Waals surface area contributed by atoms with Crippen LogP contribution in [-0.4, -0.2) is 39.4 Å². The quantitative estimate of drug-likeness (QED) is 0.343. The van der Waals surface area contributed by atoms with Crippen LogP contribution in [0.4, 0.5) is 5.69 Å². The van der Waals surface area contributed by atoms with Crippen molar-refractivity contribution in [1.29, 1.82) is 0 Å². The lowest BCUT2D eigenvalue weighted by Gasteiger charge is -2.10. The van der Waals surface area contributed by atoms with Gasteiger partial charge >= 0.3 is 5.82 Å². The van der Waals surface area contributed by atoms with E-state index in [1.165, 1.54) is 0 Å². The van der Waals surface area contributed by atoms with Gasteiger partial charge in [0.25, 0.3) is 5.69 Å². The number of benzene rings is 2.